The van der Waals surface area contributed by atoms with Crippen LogP contribution in [0.5, 0.6) is 0 Å². The smallest absolute Gasteiger partial charge is 0.306 e. The van der Waals surface area contributed by atoms with E-state index < -0.39 is 0 Å². The molecule has 1 fully saturated rings. The lowest BCUT2D eigenvalue weighted by atomic mass is 10.0. The second-order valence-corrected chi connectivity index (χ2v) is 34.8. The maximum Gasteiger partial charge on any atom is 0.306 e. The van der Waals surface area contributed by atoms with E-state index in [4.69, 9.17) is 18.9 Å². The Morgan fingerprint density at radius 1 is 0.287 bits per heavy atom. The fourth-order valence-corrected chi connectivity index (χ4v) is 16.1. The summed E-state index contributed by atoms with van der Waals surface area (Å²) in [5.74, 6) is -1.11. The maximum atomic E-state index is 14.1. The SMILES string of the molecule is CCCCCCCCCCCOC(=O)CCCCCN(CCCCCCCC(=O)OC(CCCCCCCC)CCCCCCCC)CCNC(=O)CN(CC(=O)NCCN(CCCCCCCC(=O)OC(CCCCCCCC)CCCCCCCC)CCCCCC(=O)OCCCCCCCCCCC)C(=O)CN1CCCC1. The van der Waals surface area contributed by atoms with Gasteiger partial charge in [0, 0.05) is 51.9 Å². The molecule has 676 valence electrons. The average Bonchev–Trinajstić information content (AvgIpc) is 1.75. The lowest BCUT2D eigenvalue weighted by Crippen LogP contribution is -2.50. The largest absolute Gasteiger partial charge is 0.466 e. The van der Waals surface area contributed by atoms with E-state index >= 15 is 0 Å². The van der Waals surface area contributed by atoms with Crippen LogP contribution < -0.4 is 10.6 Å². The molecule has 17 nitrogen and oxygen atoms in total. The van der Waals surface area contributed by atoms with E-state index in [2.05, 4.69) is 66.9 Å². The third-order valence-corrected chi connectivity index (χ3v) is 23.6. The Morgan fingerprint density at radius 2 is 0.530 bits per heavy atom. The van der Waals surface area contributed by atoms with Crippen LogP contribution in [0, 0.1) is 0 Å². The van der Waals surface area contributed by atoms with Gasteiger partial charge in [-0.15, -0.1) is 0 Å². The van der Waals surface area contributed by atoms with Crippen molar-refractivity contribution < 1.29 is 52.5 Å². The van der Waals surface area contributed by atoms with Gasteiger partial charge in [0.25, 0.3) is 0 Å². The van der Waals surface area contributed by atoms with Crippen molar-refractivity contribution >= 4 is 41.6 Å². The molecule has 1 saturated heterocycles. The van der Waals surface area contributed by atoms with Crippen molar-refractivity contribution in [1.82, 2.24) is 30.2 Å². The molecule has 0 aromatic rings. The number of ether oxygens (including phenoxy) is 4. The van der Waals surface area contributed by atoms with Crippen LogP contribution in [0.2, 0.25) is 0 Å². The lowest BCUT2D eigenvalue weighted by Gasteiger charge is -2.26. The van der Waals surface area contributed by atoms with E-state index in [-0.39, 0.29) is 73.4 Å². The lowest BCUT2D eigenvalue weighted by molar-refractivity contribution is -0.151. The van der Waals surface area contributed by atoms with Crippen LogP contribution in [0.25, 0.3) is 0 Å². The van der Waals surface area contributed by atoms with Gasteiger partial charge in [0.05, 0.1) is 19.8 Å². The van der Waals surface area contributed by atoms with Crippen molar-refractivity contribution in [2.45, 2.75) is 490 Å². The summed E-state index contributed by atoms with van der Waals surface area (Å²) >= 11 is 0. The van der Waals surface area contributed by atoms with Crippen molar-refractivity contribution in [3.05, 3.63) is 0 Å². The number of hydrogen-bond donors (Lipinski definition) is 2. The summed E-state index contributed by atoms with van der Waals surface area (Å²) in [7, 11) is 0. The summed E-state index contributed by atoms with van der Waals surface area (Å²) < 4.78 is 23.6. The first-order valence-corrected chi connectivity index (χ1v) is 50.1. The van der Waals surface area contributed by atoms with E-state index in [1.54, 1.807) is 0 Å². The highest BCUT2D eigenvalue weighted by Gasteiger charge is 2.25. The molecule has 0 unspecified atom stereocenters. The Bertz CT molecular complexity index is 2040. The predicted octanol–water partition coefficient (Wildman–Crippen LogP) is 24.5. The van der Waals surface area contributed by atoms with Crippen molar-refractivity contribution in [3.8, 4) is 0 Å². The highest BCUT2D eigenvalue weighted by Crippen LogP contribution is 2.23. The predicted molar refractivity (Wildman–Crippen MR) is 482 cm³/mol. The first kappa shape index (κ1) is 109. The summed E-state index contributed by atoms with van der Waals surface area (Å²) in [6, 6.07) is 0. The Hall–Kier alpha value is -3.83. The number of amides is 3. The minimum Gasteiger partial charge on any atom is -0.466 e. The van der Waals surface area contributed by atoms with E-state index in [1.165, 1.54) is 223 Å². The number of rotatable bonds is 90. The third-order valence-electron chi connectivity index (χ3n) is 23.6. The summed E-state index contributed by atoms with van der Waals surface area (Å²) in [6.07, 6.45) is 74.6. The molecule has 3 amide bonds. The molecule has 1 aliphatic heterocycles. The molecule has 1 rings (SSSR count). The minimum absolute atomic E-state index is 0.0379. The molecule has 0 aromatic heterocycles. The Balaban J connectivity index is 3.01. The van der Waals surface area contributed by atoms with Crippen LogP contribution in [0.4, 0.5) is 0 Å². The van der Waals surface area contributed by atoms with Crippen molar-refractivity contribution in [1.29, 1.82) is 0 Å². The summed E-state index contributed by atoms with van der Waals surface area (Å²) in [4.78, 5) is 102. The summed E-state index contributed by atoms with van der Waals surface area (Å²) in [5.41, 5.74) is 0. The number of esters is 4. The average molecular weight is 1630 g/mol. The van der Waals surface area contributed by atoms with Crippen molar-refractivity contribution in [3.63, 3.8) is 0 Å². The van der Waals surface area contributed by atoms with E-state index in [0.29, 0.717) is 65.1 Å². The van der Waals surface area contributed by atoms with Gasteiger partial charge in [-0.3, -0.25) is 38.5 Å². The molecular weight excluding hydrogens is 1440 g/mol. The molecule has 0 aromatic carbocycles. The second kappa shape index (κ2) is 85.2. The van der Waals surface area contributed by atoms with Crippen molar-refractivity contribution in [2.24, 2.45) is 0 Å². The Kier molecular flexibility index (Phi) is 80.8. The molecule has 17 heteroatoms. The molecule has 115 heavy (non-hydrogen) atoms. The number of hydrogen-bond acceptors (Lipinski definition) is 14. The highest BCUT2D eigenvalue weighted by molar-refractivity contribution is 5.90. The van der Waals surface area contributed by atoms with Gasteiger partial charge in [-0.05, 0) is 168 Å². The summed E-state index contributed by atoms with van der Waals surface area (Å²) in [5, 5.41) is 6.24. The topological polar surface area (TPSA) is 193 Å². The van der Waals surface area contributed by atoms with Crippen LogP contribution in [0.1, 0.15) is 478 Å². The van der Waals surface area contributed by atoms with Gasteiger partial charge < -0.3 is 44.3 Å². The van der Waals surface area contributed by atoms with Gasteiger partial charge in [0.2, 0.25) is 17.7 Å². The zero-order valence-electron chi connectivity index (χ0n) is 76.6. The highest BCUT2D eigenvalue weighted by atomic mass is 16.6. The van der Waals surface area contributed by atoms with Crippen LogP contribution >= 0.6 is 0 Å². The molecule has 0 atom stereocenters. The van der Waals surface area contributed by atoms with Crippen LogP contribution in [-0.2, 0) is 52.5 Å². The number of carbonyl (C=O) groups is 7. The third kappa shape index (κ3) is 74.9. The van der Waals surface area contributed by atoms with Crippen LogP contribution in [-0.4, -0.2) is 172 Å². The fraction of sp³-hybridized carbons (Fsp3) is 0.929. The van der Waals surface area contributed by atoms with Gasteiger partial charge >= 0.3 is 23.9 Å². The van der Waals surface area contributed by atoms with Gasteiger partial charge in [-0.1, -0.05) is 324 Å². The number of nitrogens with zero attached hydrogens (tertiary/aromatic N) is 4. The molecule has 0 bridgehead atoms. The molecule has 0 aliphatic carbocycles. The number of carbonyl (C=O) groups excluding carboxylic acids is 7. The van der Waals surface area contributed by atoms with Crippen LogP contribution in [0.15, 0.2) is 0 Å². The zero-order valence-corrected chi connectivity index (χ0v) is 76.6. The molecule has 0 spiro atoms. The molecule has 1 aliphatic rings. The normalized spacial score (nSPS) is 12.4. The van der Waals surface area contributed by atoms with Gasteiger partial charge in [-0.25, -0.2) is 0 Å². The van der Waals surface area contributed by atoms with Gasteiger partial charge in [-0.2, -0.15) is 0 Å². The number of likely N-dealkylation sites (tertiary alicyclic amines) is 1. The number of nitrogens with one attached hydrogen (secondary N) is 2. The summed E-state index contributed by atoms with van der Waals surface area (Å²) in [6.45, 7) is 21.4. The first-order valence-electron chi connectivity index (χ1n) is 50.1. The number of unbranched alkanes of at least 4 members (excludes halogenated alkanes) is 48. The molecule has 0 saturated carbocycles. The standard InChI is InChI=1S/C98H188N6O11/c1-7-13-19-25-31-33-35-47-65-85-112-95(108)71-57-49-61-79-101(77-59-45-37-43-55-73-97(110)114-90(67-51-39-27-21-15-9-3)68-52-40-28-22-16-10-4)83-75-99-92(105)87-104(94(107)89-103-81-63-64-82-103)88-93(106)100-76-84-102(80-62-50-58-72-96(109)113-86-66-48-36-34-32-26-20-14-8-2)78-60-46-38-44-56-74-98(111)115-91(69-53-41-29-23-17-11-5)70-54-42-30-24-18-12-6/h90-91H,7-89H2,1-6H3,(H,99,105)(H,100,106). The van der Waals surface area contributed by atoms with Gasteiger partial charge in [0.15, 0.2) is 0 Å². The quantitative estimate of drug-likeness (QED) is 0.0332. The van der Waals surface area contributed by atoms with E-state index in [9.17, 15) is 33.6 Å². The molecule has 0 radical (unpaired) electrons. The molecule has 1 heterocycles. The van der Waals surface area contributed by atoms with E-state index in [1.807, 2.05) is 0 Å². The van der Waals surface area contributed by atoms with Gasteiger partial charge in [0.1, 0.15) is 25.3 Å². The molecule has 2 N–H and O–H groups in total. The monoisotopic (exact) mass is 1630 g/mol. The second-order valence-electron chi connectivity index (χ2n) is 34.8. The first-order chi connectivity index (χ1) is 56.4. The van der Waals surface area contributed by atoms with Crippen molar-refractivity contribution in [2.75, 3.05) is 98.3 Å². The Morgan fingerprint density at radius 3 is 0.826 bits per heavy atom. The minimum atomic E-state index is -0.289. The Labute approximate surface area is 709 Å². The zero-order chi connectivity index (χ0) is 83.4. The maximum absolute atomic E-state index is 14.1. The molecular formula is C98H188N6O11. The van der Waals surface area contributed by atoms with Crippen LogP contribution in [0.3, 0.4) is 0 Å². The fourth-order valence-electron chi connectivity index (χ4n) is 16.1. The van der Waals surface area contributed by atoms with E-state index in [0.717, 1.165) is 232 Å².